The number of H-pyrrole nitrogens is 1. The first-order valence-electron chi connectivity index (χ1n) is 11.9. The molecule has 2 aromatic carbocycles. The van der Waals surface area contributed by atoms with Crippen LogP contribution in [0.5, 0.6) is 5.75 Å². The lowest BCUT2D eigenvalue weighted by Gasteiger charge is -2.30. The molecule has 10 nitrogen and oxygen atoms in total. The van der Waals surface area contributed by atoms with Crippen molar-refractivity contribution in [3.8, 4) is 5.75 Å². The first-order valence-corrected chi connectivity index (χ1v) is 11.9. The van der Waals surface area contributed by atoms with Crippen LogP contribution in [-0.4, -0.2) is 46.9 Å². The minimum Gasteiger partial charge on any atom is -0.490 e. The molecule has 0 unspecified atom stereocenters. The summed E-state index contributed by atoms with van der Waals surface area (Å²) in [6.45, 7) is 7.29. The van der Waals surface area contributed by atoms with Crippen molar-refractivity contribution in [2.24, 2.45) is 0 Å². The van der Waals surface area contributed by atoms with Crippen molar-refractivity contribution in [1.29, 1.82) is 0 Å². The highest BCUT2D eigenvalue weighted by molar-refractivity contribution is 5.90. The van der Waals surface area contributed by atoms with E-state index in [4.69, 9.17) is 18.9 Å². The summed E-state index contributed by atoms with van der Waals surface area (Å²) in [5.74, 6) is -1.34. The second-order valence-corrected chi connectivity index (χ2v) is 9.03. The number of aryl methyl sites for hydroxylation is 2. The third-order valence-electron chi connectivity index (χ3n) is 6.38. The Morgan fingerprint density at radius 2 is 1.63 bits per heavy atom. The Bertz CT molecular complexity index is 1460. The Kier molecular flexibility index (Phi) is 7.63. The molecule has 1 fully saturated rings. The molecule has 198 valence electrons. The van der Waals surface area contributed by atoms with E-state index in [1.165, 1.54) is 19.4 Å². The third-order valence-corrected chi connectivity index (χ3v) is 6.38. The molecule has 0 amide bonds. The van der Waals surface area contributed by atoms with Crippen molar-refractivity contribution in [1.82, 2.24) is 9.55 Å². The summed E-state index contributed by atoms with van der Waals surface area (Å²) >= 11 is 0. The second kappa shape index (κ2) is 10.9. The monoisotopic (exact) mass is 520 g/mol. The van der Waals surface area contributed by atoms with Gasteiger partial charge in [-0.1, -0.05) is 48.0 Å². The number of carbonyl (C=O) groups is 2. The minimum atomic E-state index is -1.49. The molecule has 0 radical (unpaired) electrons. The van der Waals surface area contributed by atoms with E-state index in [-0.39, 0.29) is 18.8 Å². The number of aromatic nitrogens is 2. The first-order chi connectivity index (χ1) is 18.2. The summed E-state index contributed by atoms with van der Waals surface area (Å²) in [7, 11) is 1.29. The van der Waals surface area contributed by atoms with E-state index in [1.807, 2.05) is 13.8 Å². The van der Waals surface area contributed by atoms with Crippen LogP contribution in [0.4, 0.5) is 0 Å². The number of rotatable bonds is 8. The quantitative estimate of drug-likeness (QED) is 0.355. The van der Waals surface area contributed by atoms with Gasteiger partial charge in [-0.15, -0.1) is 0 Å². The second-order valence-electron chi connectivity index (χ2n) is 9.03. The first kappa shape index (κ1) is 26.6. The predicted octanol–water partition coefficient (Wildman–Crippen LogP) is 3.09. The molecule has 38 heavy (non-hydrogen) atoms. The van der Waals surface area contributed by atoms with Crippen LogP contribution in [0.3, 0.4) is 0 Å². The highest BCUT2D eigenvalue weighted by Gasteiger charge is 2.51. The van der Waals surface area contributed by atoms with Crippen LogP contribution < -0.4 is 16.0 Å². The lowest BCUT2D eigenvalue weighted by Crippen LogP contribution is -2.45. The standard InChI is InChI=1S/C28H28N2O8/c1-5-28(16-36-25(32)19-10-6-17(2)7-11-19)22(37-26(33)20-12-8-18(3)9-13-20)14-23(38-28)30-15-21(35-4)24(31)29-27(30)34/h5-13,15,22-23H,1,14,16H2,2-4H3,(H,29,31,34)/t22-,23+,28+/m0/s1. The number of aromatic amines is 1. The molecule has 1 aromatic heterocycles. The molecule has 0 saturated carbocycles. The van der Waals surface area contributed by atoms with E-state index in [9.17, 15) is 19.2 Å². The van der Waals surface area contributed by atoms with E-state index < -0.39 is 41.1 Å². The molecule has 10 heteroatoms. The van der Waals surface area contributed by atoms with Crippen LogP contribution in [0.15, 0.2) is 77.0 Å². The average Bonchev–Trinajstić information content (AvgIpc) is 3.26. The fourth-order valence-electron chi connectivity index (χ4n) is 4.11. The number of hydrogen-bond acceptors (Lipinski definition) is 8. The van der Waals surface area contributed by atoms with Gasteiger partial charge in [-0.25, -0.2) is 14.4 Å². The Hall–Kier alpha value is -4.44. The van der Waals surface area contributed by atoms with Gasteiger partial charge < -0.3 is 18.9 Å². The zero-order valence-corrected chi connectivity index (χ0v) is 21.3. The highest BCUT2D eigenvalue weighted by Crippen LogP contribution is 2.40. The molecule has 0 bridgehead atoms. The van der Waals surface area contributed by atoms with Crippen molar-refractivity contribution in [2.75, 3.05) is 13.7 Å². The largest absolute Gasteiger partial charge is 0.490 e. The zero-order chi connectivity index (χ0) is 27.4. The van der Waals surface area contributed by atoms with E-state index in [1.54, 1.807) is 48.5 Å². The molecule has 0 spiro atoms. The van der Waals surface area contributed by atoms with E-state index in [0.29, 0.717) is 11.1 Å². The van der Waals surface area contributed by atoms with Gasteiger partial charge in [0.25, 0.3) is 5.56 Å². The maximum Gasteiger partial charge on any atom is 0.338 e. The van der Waals surface area contributed by atoms with Crippen molar-refractivity contribution in [3.05, 3.63) is 110 Å². The molecule has 1 aliphatic rings. The Morgan fingerprint density at radius 3 is 2.18 bits per heavy atom. The maximum absolute atomic E-state index is 13.0. The number of esters is 2. The Morgan fingerprint density at radius 1 is 1.05 bits per heavy atom. The van der Waals surface area contributed by atoms with Crippen LogP contribution in [-0.2, 0) is 14.2 Å². The summed E-state index contributed by atoms with van der Waals surface area (Å²) < 4.78 is 23.7. The number of benzene rings is 2. The average molecular weight is 521 g/mol. The van der Waals surface area contributed by atoms with Gasteiger partial charge in [0.1, 0.15) is 18.9 Å². The number of nitrogens with zero attached hydrogens (tertiary/aromatic N) is 1. The van der Waals surface area contributed by atoms with Crippen molar-refractivity contribution in [3.63, 3.8) is 0 Å². The smallest absolute Gasteiger partial charge is 0.338 e. The Labute approximate surface area is 218 Å². The predicted molar refractivity (Wildman–Crippen MR) is 137 cm³/mol. The molecule has 4 rings (SSSR count). The number of hydrogen-bond donors (Lipinski definition) is 1. The maximum atomic E-state index is 13.0. The van der Waals surface area contributed by atoms with Crippen molar-refractivity contribution >= 4 is 11.9 Å². The molecule has 1 N–H and O–H groups in total. The number of carbonyl (C=O) groups excluding carboxylic acids is 2. The summed E-state index contributed by atoms with van der Waals surface area (Å²) in [5, 5.41) is 0. The minimum absolute atomic E-state index is 0.000802. The van der Waals surface area contributed by atoms with Gasteiger partial charge in [0.2, 0.25) is 5.75 Å². The van der Waals surface area contributed by atoms with Crippen LogP contribution in [0.2, 0.25) is 0 Å². The summed E-state index contributed by atoms with van der Waals surface area (Å²) in [5.41, 5.74) is -0.335. The topological polar surface area (TPSA) is 126 Å². The lowest BCUT2D eigenvalue weighted by molar-refractivity contribution is -0.104. The van der Waals surface area contributed by atoms with E-state index >= 15 is 0 Å². The fraction of sp³-hybridized carbons (Fsp3) is 0.286. The summed E-state index contributed by atoms with van der Waals surface area (Å²) in [6.07, 6.45) is 0.606. The highest BCUT2D eigenvalue weighted by atomic mass is 16.6. The van der Waals surface area contributed by atoms with Gasteiger partial charge >= 0.3 is 17.6 Å². The molecule has 1 aliphatic heterocycles. The van der Waals surface area contributed by atoms with Gasteiger partial charge in [-0.2, -0.15) is 0 Å². The molecule has 0 aliphatic carbocycles. The van der Waals surface area contributed by atoms with E-state index in [0.717, 1.165) is 15.7 Å². The van der Waals surface area contributed by atoms with Crippen molar-refractivity contribution in [2.45, 2.75) is 38.2 Å². The lowest BCUT2D eigenvalue weighted by atomic mass is 9.97. The number of methoxy groups -OCH3 is 1. The van der Waals surface area contributed by atoms with Crippen LogP contribution in [0, 0.1) is 13.8 Å². The van der Waals surface area contributed by atoms with Gasteiger partial charge in [-0.3, -0.25) is 14.3 Å². The number of nitrogens with one attached hydrogen (secondary N) is 1. The third kappa shape index (κ3) is 5.45. The zero-order valence-electron chi connectivity index (χ0n) is 21.3. The molecule has 1 saturated heterocycles. The molecule has 2 heterocycles. The van der Waals surface area contributed by atoms with Crippen LogP contribution in [0.1, 0.15) is 44.5 Å². The van der Waals surface area contributed by atoms with Gasteiger partial charge in [0, 0.05) is 6.42 Å². The fourth-order valence-corrected chi connectivity index (χ4v) is 4.11. The Balaban J connectivity index is 1.65. The van der Waals surface area contributed by atoms with Crippen LogP contribution >= 0.6 is 0 Å². The van der Waals surface area contributed by atoms with Crippen LogP contribution in [0.25, 0.3) is 0 Å². The molecular weight excluding hydrogens is 492 g/mol. The molecular formula is C28H28N2O8. The number of ether oxygens (including phenoxy) is 4. The SMILES string of the molecule is C=C[C@]1(COC(=O)c2ccc(C)cc2)O[C@@H](n2cc(OC)c(=O)[nH]c2=O)C[C@@H]1OC(=O)c1ccc(C)cc1. The van der Waals surface area contributed by atoms with E-state index in [2.05, 4.69) is 11.6 Å². The summed E-state index contributed by atoms with van der Waals surface area (Å²) in [6, 6.07) is 13.7. The summed E-state index contributed by atoms with van der Waals surface area (Å²) in [4.78, 5) is 52.5. The normalized spacial score (nSPS) is 20.5. The molecule has 3 aromatic rings. The molecule has 3 atom stereocenters. The van der Waals surface area contributed by atoms with Crippen molar-refractivity contribution < 1.29 is 28.5 Å². The van der Waals surface area contributed by atoms with Gasteiger partial charge in [-0.05, 0) is 38.1 Å². The van der Waals surface area contributed by atoms with Gasteiger partial charge in [0.15, 0.2) is 5.60 Å². The van der Waals surface area contributed by atoms with Gasteiger partial charge in [0.05, 0.1) is 24.4 Å².